The summed E-state index contributed by atoms with van der Waals surface area (Å²) in [5.74, 6) is 1.36. The monoisotopic (exact) mass is 259 g/mol. The molecule has 1 unspecified atom stereocenters. The Bertz CT molecular complexity index is 552. The van der Waals surface area contributed by atoms with Crippen LogP contribution in [0.2, 0.25) is 0 Å². The van der Waals surface area contributed by atoms with Crippen molar-refractivity contribution in [3.8, 4) is 11.5 Å². The van der Waals surface area contributed by atoms with Crippen LogP contribution in [0.3, 0.4) is 0 Å². The van der Waals surface area contributed by atoms with E-state index in [2.05, 4.69) is 0 Å². The van der Waals surface area contributed by atoms with E-state index in [-0.39, 0.29) is 0 Å². The molecular weight excluding hydrogens is 242 g/mol. The van der Waals surface area contributed by atoms with Gasteiger partial charge in [0.05, 0.1) is 19.9 Å². The van der Waals surface area contributed by atoms with Crippen LogP contribution in [0.5, 0.6) is 11.5 Å². The van der Waals surface area contributed by atoms with Gasteiger partial charge in [0, 0.05) is 0 Å². The highest BCUT2D eigenvalue weighted by Crippen LogP contribution is 2.29. The standard InChI is InChI=1S/C15H17NO3/c1-18-12-6-3-10(4-7-12)15(17)11-5-8-14(19-2)13(16)9-11/h3-9,15,17H,16H2,1-2H3. The molecule has 2 aromatic rings. The zero-order valence-electron chi connectivity index (χ0n) is 11.0. The first-order valence-corrected chi connectivity index (χ1v) is 5.91. The van der Waals surface area contributed by atoms with E-state index in [4.69, 9.17) is 15.2 Å². The Morgan fingerprint density at radius 1 is 0.947 bits per heavy atom. The van der Waals surface area contributed by atoms with Crippen LogP contribution in [-0.2, 0) is 0 Å². The fourth-order valence-corrected chi connectivity index (χ4v) is 1.90. The highest BCUT2D eigenvalue weighted by Gasteiger charge is 2.12. The van der Waals surface area contributed by atoms with E-state index in [1.54, 1.807) is 32.4 Å². The third-order valence-electron chi connectivity index (χ3n) is 3.00. The average molecular weight is 259 g/mol. The van der Waals surface area contributed by atoms with Gasteiger partial charge in [0.25, 0.3) is 0 Å². The van der Waals surface area contributed by atoms with E-state index in [1.807, 2.05) is 24.3 Å². The van der Waals surface area contributed by atoms with Crippen molar-refractivity contribution in [3.63, 3.8) is 0 Å². The van der Waals surface area contributed by atoms with Gasteiger partial charge in [-0.25, -0.2) is 0 Å². The van der Waals surface area contributed by atoms with Crippen LogP contribution >= 0.6 is 0 Å². The Hall–Kier alpha value is -2.20. The highest BCUT2D eigenvalue weighted by atomic mass is 16.5. The summed E-state index contributed by atoms with van der Waals surface area (Å²) in [6, 6.07) is 12.5. The number of aliphatic hydroxyl groups is 1. The molecule has 0 bridgehead atoms. The largest absolute Gasteiger partial charge is 0.497 e. The minimum absolute atomic E-state index is 0.507. The van der Waals surface area contributed by atoms with E-state index in [0.29, 0.717) is 11.4 Å². The predicted octanol–water partition coefficient (Wildman–Crippen LogP) is 2.37. The summed E-state index contributed by atoms with van der Waals surface area (Å²) >= 11 is 0. The summed E-state index contributed by atoms with van der Waals surface area (Å²) in [5, 5.41) is 10.3. The maximum atomic E-state index is 10.3. The number of rotatable bonds is 4. The molecule has 0 amide bonds. The van der Waals surface area contributed by atoms with E-state index in [1.165, 1.54) is 0 Å². The van der Waals surface area contributed by atoms with Gasteiger partial charge >= 0.3 is 0 Å². The summed E-state index contributed by atoms with van der Waals surface area (Å²) in [6.07, 6.45) is -0.723. The fraction of sp³-hybridized carbons (Fsp3) is 0.200. The Balaban J connectivity index is 2.27. The first-order valence-electron chi connectivity index (χ1n) is 5.91. The van der Waals surface area contributed by atoms with Gasteiger partial charge in [-0.2, -0.15) is 0 Å². The van der Waals surface area contributed by atoms with Gasteiger partial charge in [-0.1, -0.05) is 18.2 Å². The van der Waals surface area contributed by atoms with Crippen LogP contribution in [0, 0.1) is 0 Å². The summed E-state index contributed by atoms with van der Waals surface area (Å²) in [7, 11) is 3.17. The molecule has 0 aliphatic heterocycles. The number of nitrogens with two attached hydrogens (primary N) is 1. The molecule has 2 aromatic carbocycles. The number of aliphatic hydroxyl groups excluding tert-OH is 1. The third kappa shape index (κ3) is 2.80. The van der Waals surface area contributed by atoms with Crippen LogP contribution in [-0.4, -0.2) is 19.3 Å². The molecule has 4 heteroatoms. The predicted molar refractivity (Wildman–Crippen MR) is 74.5 cm³/mol. The van der Waals surface area contributed by atoms with Crippen molar-refractivity contribution in [1.82, 2.24) is 0 Å². The average Bonchev–Trinajstić information content (AvgIpc) is 2.46. The fourth-order valence-electron chi connectivity index (χ4n) is 1.90. The molecule has 0 radical (unpaired) electrons. The molecule has 4 nitrogen and oxygen atoms in total. The number of anilines is 1. The van der Waals surface area contributed by atoms with Gasteiger partial charge in [0.15, 0.2) is 0 Å². The van der Waals surface area contributed by atoms with Crippen molar-refractivity contribution in [1.29, 1.82) is 0 Å². The van der Waals surface area contributed by atoms with E-state index in [0.717, 1.165) is 16.9 Å². The van der Waals surface area contributed by atoms with Gasteiger partial charge in [-0.05, 0) is 35.4 Å². The topological polar surface area (TPSA) is 64.7 Å². The molecule has 0 heterocycles. The smallest absolute Gasteiger partial charge is 0.141 e. The lowest BCUT2D eigenvalue weighted by molar-refractivity contribution is 0.220. The molecule has 0 saturated carbocycles. The molecule has 3 N–H and O–H groups in total. The second kappa shape index (κ2) is 5.63. The second-order valence-electron chi connectivity index (χ2n) is 4.18. The van der Waals surface area contributed by atoms with E-state index in [9.17, 15) is 5.11 Å². The van der Waals surface area contributed by atoms with Crippen LogP contribution in [0.1, 0.15) is 17.2 Å². The van der Waals surface area contributed by atoms with Crippen molar-refractivity contribution in [2.24, 2.45) is 0 Å². The minimum atomic E-state index is -0.723. The molecule has 0 aliphatic rings. The maximum Gasteiger partial charge on any atom is 0.141 e. The lowest BCUT2D eigenvalue weighted by atomic mass is 10.0. The number of benzene rings is 2. The van der Waals surface area contributed by atoms with E-state index < -0.39 is 6.10 Å². The lowest BCUT2D eigenvalue weighted by Crippen LogP contribution is -2.01. The molecule has 0 aliphatic carbocycles. The summed E-state index contributed by atoms with van der Waals surface area (Å²) in [5.41, 5.74) is 7.85. The first kappa shape index (κ1) is 13.2. The van der Waals surface area contributed by atoms with Crippen molar-refractivity contribution < 1.29 is 14.6 Å². The van der Waals surface area contributed by atoms with Gasteiger partial charge in [-0.3, -0.25) is 0 Å². The van der Waals surface area contributed by atoms with Crippen molar-refractivity contribution in [2.45, 2.75) is 6.10 Å². The third-order valence-corrected chi connectivity index (χ3v) is 3.00. The number of ether oxygens (including phenoxy) is 2. The van der Waals surface area contributed by atoms with Crippen LogP contribution in [0.25, 0.3) is 0 Å². The second-order valence-corrected chi connectivity index (χ2v) is 4.18. The number of hydrogen-bond donors (Lipinski definition) is 2. The summed E-state index contributed by atoms with van der Waals surface area (Å²) in [6.45, 7) is 0. The Labute approximate surface area is 112 Å². The molecule has 2 rings (SSSR count). The van der Waals surface area contributed by atoms with Crippen LogP contribution < -0.4 is 15.2 Å². The van der Waals surface area contributed by atoms with Gasteiger partial charge in [0.1, 0.15) is 17.6 Å². The zero-order valence-corrected chi connectivity index (χ0v) is 11.0. The Morgan fingerprint density at radius 2 is 1.58 bits per heavy atom. The summed E-state index contributed by atoms with van der Waals surface area (Å²) in [4.78, 5) is 0. The zero-order chi connectivity index (χ0) is 13.8. The van der Waals surface area contributed by atoms with Crippen molar-refractivity contribution >= 4 is 5.69 Å². The SMILES string of the molecule is COc1ccc(C(O)c2ccc(OC)c(N)c2)cc1. The van der Waals surface area contributed by atoms with E-state index >= 15 is 0 Å². The molecule has 0 spiro atoms. The maximum absolute atomic E-state index is 10.3. The molecule has 19 heavy (non-hydrogen) atoms. The molecule has 0 fully saturated rings. The molecule has 0 saturated heterocycles. The Morgan fingerprint density at radius 3 is 2.11 bits per heavy atom. The number of nitrogen functional groups attached to an aromatic ring is 1. The van der Waals surface area contributed by atoms with Gasteiger partial charge in [-0.15, -0.1) is 0 Å². The van der Waals surface area contributed by atoms with Gasteiger partial charge < -0.3 is 20.3 Å². The van der Waals surface area contributed by atoms with Crippen LogP contribution in [0.4, 0.5) is 5.69 Å². The van der Waals surface area contributed by atoms with Crippen molar-refractivity contribution in [2.75, 3.05) is 20.0 Å². The normalized spacial score (nSPS) is 11.9. The molecule has 1 atom stereocenters. The molecule has 100 valence electrons. The highest BCUT2D eigenvalue weighted by molar-refractivity contribution is 5.55. The Kier molecular flexibility index (Phi) is 3.92. The van der Waals surface area contributed by atoms with Crippen molar-refractivity contribution in [3.05, 3.63) is 53.6 Å². The van der Waals surface area contributed by atoms with Gasteiger partial charge in [0.2, 0.25) is 0 Å². The minimum Gasteiger partial charge on any atom is -0.497 e. The summed E-state index contributed by atoms with van der Waals surface area (Å²) < 4.78 is 10.2. The molecular formula is C15H17NO3. The number of methoxy groups -OCH3 is 2. The quantitative estimate of drug-likeness (QED) is 0.827. The molecule has 0 aromatic heterocycles. The lowest BCUT2D eigenvalue weighted by Gasteiger charge is -2.14. The number of hydrogen-bond acceptors (Lipinski definition) is 4. The first-order chi connectivity index (χ1) is 9.15. The van der Waals surface area contributed by atoms with Crippen LogP contribution in [0.15, 0.2) is 42.5 Å².